The Morgan fingerprint density at radius 1 is 0.562 bits per heavy atom. The number of rotatable bonds is 14. The molecule has 0 saturated carbocycles. The lowest BCUT2D eigenvalue weighted by atomic mass is 10.0. The quantitative estimate of drug-likeness (QED) is 0.124. The highest BCUT2D eigenvalue weighted by molar-refractivity contribution is 7.80. The lowest BCUT2D eigenvalue weighted by molar-refractivity contribution is 0.317. The Morgan fingerprint density at radius 3 is 1.48 bits per heavy atom. The molecule has 1 unspecified atom stereocenters. The molecule has 0 aliphatic carbocycles. The summed E-state index contributed by atoms with van der Waals surface area (Å²) < 4.78 is 6.89. The van der Waals surface area contributed by atoms with Gasteiger partial charge >= 0.3 is 0 Å². The van der Waals surface area contributed by atoms with Crippen LogP contribution in [0.1, 0.15) is 18.1 Å². The van der Waals surface area contributed by atoms with Crippen molar-refractivity contribution in [3.63, 3.8) is 0 Å². The van der Waals surface area contributed by atoms with Gasteiger partial charge in [0.15, 0.2) is 0 Å². The first-order chi connectivity index (χ1) is 23.6. The summed E-state index contributed by atoms with van der Waals surface area (Å²) in [7, 11) is 0.244. The van der Waals surface area contributed by atoms with Crippen molar-refractivity contribution >= 4 is 47.7 Å². The molecule has 0 amide bonds. The smallest absolute Gasteiger partial charge is 0.130 e. The molecule has 0 bridgehead atoms. The summed E-state index contributed by atoms with van der Waals surface area (Å²) in [5.41, 5.74) is 2.13. The van der Waals surface area contributed by atoms with Gasteiger partial charge in [-0.25, -0.2) is 0 Å². The van der Waals surface area contributed by atoms with Crippen LogP contribution in [0.5, 0.6) is 11.5 Å². The van der Waals surface area contributed by atoms with Crippen molar-refractivity contribution in [2.75, 3.05) is 20.2 Å². The number of ether oxygens (including phenoxy) is 1. The maximum absolute atomic E-state index is 11.8. The van der Waals surface area contributed by atoms with Crippen molar-refractivity contribution in [1.82, 2.24) is 5.32 Å². The van der Waals surface area contributed by atoms with E-state index in [0.29, 0.717) is 24.7 Å². The number of phenols is 1. The summed E-state index contributed by atoms with van der Waals surface area (Å²) in [5, 5.41) is 22.4. The number of nitrogens with one attached hydrogen (secondary N) is 1. The minimum atomic E-state index is -0.920. The number of hydrogen-bond donors (Lipinski definition) is 2. The van der Waals surface area contributed by atoms with Gasteiger partial charge in [-0.3, -0.25) is 0 Å². The summed E-state index contributed by atoms with van der Waals surface area (Å²) in [6, 6.07) is 55.5. The molecule has 0 radical (unpaired) electrons. The molecule has 2 N–H and O–H groups in total. The maximum atomic E-state index is 11.8. The predicted octanol–water partition coefficient (Wildman–Crippen LogP) is 6.93. The SMILES string of the molecule is CNCC(C)Cc1cccc(P(c2ccccc2)c2ccccc2)c1OCCc1cccc(P(c2ccccc2)c2ccccc2)c1O. The lowest BCUT2D eigenvalue weighted by Crippen LogP contribution is -2.25. The Hall–Kier alpha value is -4.26. The van der Waals surface area contributed by atoms with Gasteiger partial charge in [0.2, 0.25) is 0 Å². The summed E-state index contributed by atoms with van der Waals surface area (Å²) >= 11 is 0. The molecule has 0 aromatic heterocycles. The Labute approximate surface area is 288 Å². The lowest BCUT2D eigenvalue weighted by Gasteiger charge is -2.25. The Balaban J connectivity index is 1.34. The van der Waals surface area contributed by atoms with Gasteiger partial charge in [0.25, 0.3) is 0 Å². The monoisotopic (exact) mass is 667 g/mol. The summed E-state index contributed by atoms with van der Waals surface area (Å²) in [6.45, 7) is 3.68. The van der Waals surface area contributed by atoms with Crippen LogP contribution in [0, 0.1) is 5.92 Å². The highest BCUT2D eigenvalue weighted by Crippen LogP contribution is 2.39. The average Bonchev–Trinajstić information content (AvgIpc) is 3.13. The normalized spacial score (nSPS) is 11.9. The first-order valence-electron chi connectivity index (χ1n) is 16.6. The Kier molecular flexibility index (Phi) is 11.7. The van der Waals surface area contributed by atoms with Gasteiger partial charge in [-0.1, -0.05) is 165 Å². The fraction of sp³-hybridized carbons (Fsp3) is 0.163. The molecule has 6 aromatic rings. The third kappa shape index (κ3) is 8.05. The van der Waals surface area contributed by atoms with Crippen molar-refractivity contribution in [3.05, 3.63) is 169 Å². The van der Waals surface area contributed by atoms with E-state index in [4.69, 9.17) is 4.74 Å². The predicted molar refractivity (Wildman–Crippen MR) is 208 cm³/mol. The van der Waals surface area contributed by atoms with E-state index >= 15 is 0 Å². The van der Waals surface area contributed by atoms with Gasteiger partial charge in [0.05, 0.1) is 6.61 Å². The van der Waals surface area contributed by atoms with E-state index in [1.165, 1.54) is 32.1 Å². The molecule has 6 rings (SSSR count). The van der Waals surface area contributed by atoms with E-state index in [9.17, 15) is 5.11 Å². The second-order valence-electron chi connectivity index (χ2n) is 12.0. The topological polar surface area (TPSA) is 41.5 Å². The third-order valence-corrected chi connectivity index (χ3v) is 13.4. The van der Waals surface area contributed by atoms with Crippen LogP contribution in [0.4, 0.5) is 0 Å². The van der Waals surface area contributed by atoms with Crippen molar-refractivity contribution in [2.24, 2.45) is 5.92 Å². The highest BCUT2D eigenvalue weighted by atomic mass is 31.1. The summed E-state index contributed by atoms with van der Waals surface area (Å²) in [6.07, 6.45) is 1.51. The number of hydrogen-bond acceptors (Lipinski definition) is 3. The van der Waals surface area contributed by atoms with E-state index in [1.807, 2.05) is 25.2 Å². The van der Waals surface area contributed by atoms with Crippen molar-refractivity contribution in [3.8, 4) is 11.5 Å². The molecule has 5 heteroatoms. The second kappa shape index (κ2) is 16.7. The van der Waals surface area contributed by atoms with Crippen molar-refractivity contribution < 1.29 is 9.84 Å². The number of aromatic hydroxyl groups is 1. The molecule has 0 saturated heterocycles. The van der Waals surface area contributed by atoms with Crippen LogP contribution in [0.25, 0.3) is 0 Å². The van der Waals surface area contributed by atoms with Crippen LogP contribution < -0.4 is 41.9 Å². The van der Waals surface area contributed by atoms with Gasteiger partial charge in [-0.15, -0.1) is 0 Å². The molecule has 3 nitrogen and oxygen atoms in total. The van der Waals surface area contributed by atoms with Crippen LogP contribution in [0.3, 0.4) is 0 Å². The molecule has 6 aromatic carbocycles. The van der Waals surface area contributed by atoms with E-state index in [0.717, 1.165) is 29.6 Å². The molecule has 0 spiro atoms. The first-order valence-corrected chi connectivity index (χ1v) is 19.3. The van der Waals surface area contributed by atoms with Gasteiger partial charge in [0.1, 0.15) is 11.5 Å². The molecule has 1 atom stereocenters. The number of benzene rings is 6. The molecule has 242 valence electrons. The number of para-hydroxylation sites is 2. The van der Waals surface area contributed by atoms with Crippen LogP contribution in [0.2, 0.25) is 0 Å². The van der Waals surface area contributed by atoms with Crippen LogP contribution in [-0.4, -0.2) is 25.3 Å². The molecule has 48 heavy (non-hydrogen) atoms. The average molecular weight is 668 g/mol. The zero-order chi connectivity index (χ0) is 33.1. The zero-order valence-electron chi connectivity index (χ0n) is 27.7. The fourth-order valence-electron chi connectivity index (χ4n) is 6.26. The van der Waals surface area contributed by atoms with E-state index < -0.39 is 15.8 Å². The highest BCUT2D eigenvalue weighted by Gasteiger charge is 2.24. The summed E-state index contributed by atoms with van der Waals surface area (Å²) in [5.74, 6) is 1.79. The van der Waals surface area contributed by atoms with Crippen molar-refractivity contribution in [1.29, 1.82) is 0 Å². The zero-order valence-corrected chi connectivity index (χ0v) is 29.5. The van der Waals surface area contributed by atoms with Crippen LogP contribution in [-0.2, 0) is 12.8 Å². The summed E-state index contributed by atoms with van der Waals surface area (Å²) in [4.78, 5) is 0. The third-order valence-electron chi connectivity index (χ3n) is 8.45. The minimum absolute atomic E-state index is 0.367. The second-order valence-corrected chi connectivity index (χ2v) is 16.4. The molecule has 0 fully saturated rings. The van der Waals surface area contributed by atoms with E-state index in [2.05, 4.69) is 152 Å². The van der Waals surface area contributed by atoms with Gasteiger partial charge in [0, 0.05) is 17.0 Å². The Bertz CT molecular complexity index is 1790. The minimum Gasteiger partial charge on any atom is -0.507 e. The van der Waals surface area contributed by atoms with Crippen molar-refractivity contribution in [2.45, 2.75) is 19.8 Å². The molecule has 0 aliphatic rings. The maximum Gasteiger partial charge on any atom is 0.130 e. The number of phenolic OH excluding ortho intramolecular Hbond substituents is 1. The first kappa shape index (κ1) is 33.6. The van der Waals surface area contributed by atoms with E-state index in [-0.39, 0.29) is 0 Å². The molecular formula is C43H43NO2P2. The van der Waals surface area contributed by atoms with Crippen LogP contribution >= 0.6 is 15.8 Å². The van der Waals surface area contributed by atoms with Gasteiger partial charge in [-0.05, 0) is 74.1 Å². The van der Waals surface area contributed by atoms with Gasteiger partial charge < -0.3 is 15.2 Å². The molecular weight excluding hydrogens is 624 g/mol. The largest absolute Gasteiger partial charge is 0.507 e. The van der Waals surface area contributed by atoms with E-state index in [1.54, 1.807) is 0 Å². The standard InChI is InChI=1S/C43H43NO2P2/c1-33(32-44-2)31-35-18-16-28-41(48(38-23-11-5-12-24-38)39-25-13-6-14-26-39)43(35)46-30-29-34-17-15-27-40(42(34)45)47(36-19-7-3-8-20-36)37-21-9-4-10-22-37/h3-28,33,44-45H,29-32H2,1-2H3. The van der Waals surface area contributed by atoms with Crippen LogP contribution in [0.15, 0.2) is 158 Å². The van der Waals surface area contributed by atoms with Gasteiger partial charge in [-0.2, -0.15) is 0 Å². The Morgan fingerprint density at radius 2 is 1.00 bits per heavy atom. The molecule has 0 aliphatic heterocycles. The fourth-order valence-corrected chi connectivity index (χ4v) is 11.1. The molecule has 0 heterocycles.